The van der Waals surface area contributed by atoms with Crippen LogP contribution in [0.15, 0.2) is 84.4 Å². The first-order valence-electron chi connectivity index (χ1n) is 9.70. The standard InChI is InChI=1S/C25H21NO5/c1-30-18-14-12-16(13-15-18)22-21(23(27)17-8-4-3-5-9-17)24(28)25(29)26(22)19-10-6-7-11-20(19)31-2/h3-15,22,27H,1-2H3/t22-/m0/s1. The van der Waals surface area contributed by atoms with E-state index in [0.29, 0.717) is 28.3 Å². The second-order valence-corrected chi connectivity index (χ2v) is 6.98. The molecule has 1 amide bonds. The van der Waals surface area contributed by atoms with Gasteiger partial charge in [0.25, 0.3) is 11.7 Å². The summed E-state index contributed by atoms with van der Waals surface area (Å²) < 4.78 is 10.7. The van der Waals surface area contributed by atoms with E-state index in [1.54, 1.807) is 79.9 Å². The maximum Gasteiger partial charge on any atom is 0.300 e. The molecule has 1 fully saturated rings. The van der Waals surface area contributed by atoms with Crippen LogP contribution in [0, 0.1) is 0 Å². The summed E-state index contributed by atoms with van der Waals surface area (Å²) >= 11 is 0. The topological polar surface area (TPSA) is 76.1 Å². The molecule has 1 heterocycles. The first-order chi connectivity index (χ1) is 15.1. The van der Waals surface area contributed by atoms with Crippen molar-refractivity contribution in [3.05, 3.63) is 95.6 Å². The minimum atomic E-state index is -0.831. The monoisotopic (exact) mass is 415 g/mol. The fourth-order valence-corrected chi connectivity index (χ4v) is 3.76. The van der Waals surface area contributed by atoms with Crippen molar-refractivity contribution in [2.75, 3.05) is 19.1 Å². The van der Waals surface area contributed by atoms with Crippen LogP contribution in [-0.4, -0.2) is 31.0 Å². The molecule has 0 saturated carbocycles. The van der Waals surface area contributed by atoms with Gasteiger partial charge in [0.2, 0.25) is 0 Å². The highest BCUT2D eigenvalue weighted by molar-refractivity contribution is 6.51. The van der Waals surface area contributed by atoms with E-state index in [1.807, 2.05) is 6.07 Å². The van der Waals surface area contributed by atoms with Crippen LogP contribution in [0.2, 0.25) is 0 Å². The SMILES string of the molecule is COc1ccc([C@H]2C(=C(O)c3ccccc3)C(=O)C(=O)N2c2ccccc2OC)cc1. The Hall–Kier alpha value is -4.06. The Bertz CT molecular complexity index is 1150. The molecular formula is C25H21NO5. The van der Waals surface area contributed by atoms with Crippen LogP contribution in [0.25, 0.3) is 5.76 Å². The molecule has 3 aromatic rings. The Morgan fingerprint density at radius 2 is 1.48 bits per heavy atom. The third-order valence-corrected chi connectivity index (χ3v) is 5.27. The van der Waals surface area contributed by atoms with E-state index in [1.165, 1.54) is 12.0 Å². The summed E-state index contributed by atoms with van der Waals surface area (Å²) in [5.41, 5.74) is 1.58. The number of carbonyl (C=O) groups excluding carboxylic acids is 2. The van der Waals surface area contributed by atoms with Crippen LogP contribution in [0.4, 0.5) is 5.69 Å². The number of nitrogens with zero attached hydrogens (tertiary/aromatic N) is 1. The van der Waals surface area contributed by atoms with E-state index in [0.717, 1.165) is 0 Å². The quantitative estimate of drug-likeness (QED) is 0.381. The summed E-state index contributed by atoms with van der Waals surface area (Å²) in [6.45, 7) is 0. The number of para-hydroxylation sites is 2. The van der Waals surface area contributed by atoms with Crippen molar-refractivity contribution in [2.45, 2.75) is 6.04 Å². The molecule has 1 aliphatic heterocycles. The van der Waals surface area contributed by atoms with Crippen LogP contribution in [0.3, 0.4) is 0 Å². The second-order valence-electron chi connectivity index (χ2n) is 6.98. The van der Waals surface area contributed by atoms with Crippen LogP contribution < -0.4 is 14.4 Å². The predicted octanol–water partition coefficient (Wildman–Crippen LogP) is 4.33. The lowest BCUT2D eigenvalue weighted by atomic mass is 9.95. The maximum absolute atomic E-state index is 13.2. The Kier molecular flexibility index (Phi) is 5.45. The smallest absolute Gasteiger partial charge is 0.300 e. The van der Waals surface area contributed by atoms with Gasteiger partial charge >= 0.3 is 0 Å². The van der Waals surface area contributed by atoms with E-state index in [2.05, 4.69) is 0 Å². The summed E-state index contributed by atoms with van der Waals surface area (Å²) in [5, 5.41) is 11.1. The van der Waals surface area contributed by atoms with Gasteiger partial charge in [-0.3, -0.25) is 14.5 Å². The maximum atomic E-state index is 13.2. The van der Waals surface area contributed by atoms with Gasteiger partial charge in [-0.15, -0.1) is 0 Å². The summed E-state index contributed by atoms with van der Waals surface area (Å²) in [5.74, 6) is -0.628. The lowest BCUT2D eigenvalue weighted by Crippen LogP contribution is -2.29. The van der Waals surface area contributed by atoms with Gasteiger partial charge in [-0.1, -0.05) is 54.6 Å². The summed E-state index contributed by atoms with van der Waals surface area (Å²) in [6, 6.07) is 21.9. The molecule has 0 unspecified atom stereocenters. The van der Waals surface area contributed by atoms with Crippen LogP contribution in [0.1, 0.15) is 17.2 Å². The van der Waals surface area contributed by atoms with Crippen LogP contribution in [-0.2, 0) is 9.59 Å². The third-order valence-electron chi connectivity index (χ3n) is 5.27. The number of hydrogen-bond acceptors (Lipinski definition) is 5. The number of methoxy groups -OCH3 is 2. The highest BCUT2D eigenvalue weighted by Gasteiger charge is 2.47. The van der Waals surface area contributed by atoms with E-state index < -0.39 is 17.7 Å². The molecule has 6 nitrogen and oxygen atoms in total. The molecular weight excluding hydrogens is 394 g/mol. The zero-order valence-electron chi connectivity index (χ0n) is 17.1. The molecule has 4 rings (SSSR count). The molecule has 3 aromatic carbocycles. The van der Waals surface area contributed by atoms with Crippen molar-refractivity contribution in [3.8, 4) is 11.5 Å². The second kappa shape index (κ2) is 8.36. The first-order valence-corrected chi connectivity index (χ1v) is 9.70. The lowest BCUT2D eigenvalue weighted by Gasteiger charge is -2.26. The fraction of sp³-hybridized carbons (Fsp3) is 0.120. The van der Waals surface area contributed by atoms with Crippen molar-refractivity contribution < 1.29 is 24.2 Å². The summed E-state index contributed by atoms with van der Waals surface area (Å²) in [7, 11) is 3.06. The van der Waals surface area contributed by atoms with Gasteiger partial charge in [0, 0.05) is 5.56 Å². The van der Waals surface area contributed by atoms with Gasteiger partial charge in [0.1, 0.15) is 17.3 Å². The number of aliphatic hydroxyl groups excluding tert-OH is 1. The molecule has 0 bridgehead atoms. The van der Waals surface area contributed by atoms with Gasteiger partial charge in [0.15, 0.2) is 0 Å². The fourth-order valence-electron chi connectivity index (χ4n) is 3.76. The number of Topliss-reactive ketones (excluding diaryl/α,β-unsaturated/α-hetero) is 1. The lowest BCUT2D eigenvalue weighted by molar-refractivity contribution is -0.132. The molecule has 0 radical (unpaired) electrons. The Balaban J connectivity index is 1.96. The first kappa shape index (κ1) is 20.2. The Labute approximate surface area is 180 Å². The number of hydrogen-bond donors (Lipinski definition) is 1. The zero-order chi connectivity index (χ0) is 22.0. The molecule has 1 saturated heterocycles. The normalized spacial score (nSPS) is 17.6. The van der Waals surface area contributed by atoms with Crippen molar-refractivity contribution in [2.24, 2.45) is 0 Å². The molecule has 1 aliphatic rings. The number of benzene rings is 3. The molecule has 6 heteroatoms. The number of ketones is 1. The molecule has 0 aliphatic carbocycles. The van der Waals surface area contributed by atoms with Crippen molar-refractivity contribution in [1.29, 1.82) is 0 Å². The molecule has 0 aromatic heterocycles. The van der Waals surface area contributed by atoms with Gasteiger partial charge < -0.3 is 14.6 Å². The number of carbonyl (C=O) groups is 2. The summed E-state index contributed by atoms with van der Waals surface area (Å²) in [4.78, 5) is 27.7. The Morgan fingerprint density at radius 3 is 2.13 bits per heavy atom. The van der Waals surface area contributed by atoms with E-state index in [9.17, 15) is 14.7 Å². The van der Waals surface area contributed by atoms with Crippen molar-refractivity contribution in [1.82, 2.24) is 0 Å². The number of rotatable bonds is 5. The average molecular weight is 415 g/mol. The van der Waals surface area contributed by atoms with E-state index in [-0.39, 0.29) is 11.3 Å². The molecule has 31 heavy (non-hydrogen) atoms. The largest absolute Gasteiger partial charge is 0.507 e. The highest BCUT2D eigenvalue weighted by atomic mass is 16.5. The zero-order valence-corrected chi connectivity index (χ0v) is 17.1. The minimum Gasteiger partial charge on any atom is -0.507 e. The molecule has 0 spiro atoms. The average Bonchev–Trinajstić information content (AvgIpc) is 3.09. The third kappa shape index (κ3) is 3.53. The van der Waals surface area contributed by atoms with E-state index >= 15 is 0 Å². The number of ether oxygens (including phenoxy) is 2. The summed E-state index contributed by atoms with van der Waals surface area (Å²) in [6.07, 6.45) is 0. The van der Waals surface area contributed by atoms with Gasteiger partial charge in [-0.05, 0) is 29.8 Å². The number of amides is 1. The molecule has 156 valence electrons. The highest BCUT2D eigenvalue weighted by Crippen LogP contribution is 2.45. The van der Waals surface area contributed by atoms with Crippen LogP contribution >= 0.6 is 0 Å². The number of aliphatic hydroxyl groups is 1. The minimum absolute atomic E-state index is 0.0206. The van der Waals surface area contributed by atoms with E-state index in [4.69, 9.17) is 9.47 Å². The van der Waals surface area contributed by atoms with Gasteiger partial charge in [-0.25, -0.2) is 0 Å². The van der Waals surface area contributed by atoms with Gasteiger partial charge in [0.05, 0.1) is 31.5 Å². The number of anilines is 1. The van der Waals surface area contributed by atoms with Crippen molar-refractivity contribution in [3.63, 3.8) is 0 Å². The predicted molar refractivity (Wildman–Crippen MR) is 117 cm³/mol. The molecule has 1 atom stereocenters. The van der Waals surface area contributed by atoms with Crippen molar-refractivity contribution >= 4 is 23.1 Å². The van der Waals surface area contributed by atoms with Crippen LogP contribution in [0.5, 0.6) is 11.5 Å². The Morgan fingerprint density at radius 1 is 0.839 bits per heavy atom. The van der Waals surface area contributed by atoms with Gasteiger partial charge in [-0.2, -0.15) is 0 Å². The molecule has 1 N–H and O–H groups in total.